The number of carbonyl (C=O) groups is 1. The monoisotopic (exact) mass is 278 g/mol. The third-order valence-corrected chi connectivity index (χ3v) is 3.18. The summed E-state index contributed by atoms with van der Waals surface area (Å²) in [6.45, 7) is 10.4. The Hall–Kier alpha value is -1.55. The van der Waals surface area contributed by atoms with E-state index in [1.807, 2.05) is 46.8 Å². The molecular formula is C16H26N2O2. The molecule has 1 rings (SSSR count). The number of amides is 2. The van der Waals surface area contributed by atoms with Crippen LogP contribution in [0.15, 0.2) is 18.2 Å². The van der Waals surface area contributed by atoms with E-state index in [0.29, 0.717) is 13.0 Å². The van der Waals surface area contributed by atoms with Crippen molar-refractivity contribution >= 4 is 11.7 Å². The number of nitrogens with one attached hydrogen (secondary N) is 2. The summed E-state index contributed by atoms with van der Waals surface area (Å²) in [5.41, 5.74) is 2.86. The Kier molecular flexibility index (Phi) is 5.57. The minimum atomic E-state index is -0.427. The van der Waals surface area contributed by atoms with E-state index < -0.39 is 6.10 Å². The van der Waals surface area contributed by atoms with Crippen molar-refractivity contribution in [2.24, 2.45) is 5.41 Å². The number of urea groups is 1. The predicted molar refractivity (Wildman–Crippen MR) is 83.0 cm³/mol. The summed E-state index contributed by atoms with van der Waals surface area (Å²) in [5, 5.41) is 15.5. The van der Waals surface area contributed by atoms with Crippen LogP contribution in [0.1, 0.15) is 38.3 Å². The molecule has 3 N–H and O–H groups in total. The fourth-order valence-corrected chi connectivity index (χ4v) is 1.98. The van der Waals surface area contributed by atoms with Crippen molar-refractivity contribution in [1.82, 2.24) is 5.32 Å². The number of aryl methyl sites for hydroxylation is 2. The van der Waals surface area contributed by atoms with Gasteiger partial charge in [-0.3, -0.25) is 0 Å². The summed E-state index contributed by atoms with van der Waals surface area (Å²) in [6.07, 6.45) is 0.119. The van der Waals surface area contributed by atoms with Crippen molar-refractivity contribution in [3.63, 3.8) is 0 Å². The molecule has 0 aliphatic rings. The van der Waals surface area contributed by atoms with Gasteiger partial charge in [0.1, 0.15) is 0 Å². The van der Waals surface area contributed by atoms with Crippen LogP contribution < -0.4 is 10.6 Å². The Morgan fingerprint density at radius 2 is 1.75 bits per heavy atom. The highest BCUT2D eigenvalue weighted by Crippen LogP contribution is 2.21. The zero-order valence-corrected chi connectivity index (χ0v) is 13.1. The third kappa shape index (κ3) is 5.61. The first-order chi connectivity index (χ1) is 9.18. The first kappa shape index (κ1) is 16.5. The van der Waals surface area contributed by atoms with Gasteiger partial charge in [-0.05, 0) is 48.9 Å². The molecule has 1 unspecified atom stereocenters. The number of hydrogen-bond donors (Lipinski definition) is 3. The van der Waals surface area contributed by atoms with Crippen LogP contribution in [-0.2, 0) is 0 Å². The van der Waals surface area contributed by atoms with E-state index in [1.165, 1.54) is 0 Å². The second-order valence-electron chi connectivity index (χ2n) is 6.43. The van der Waals surface area contributed by atoms with E-state index in [1.54, 1.807) is 0 Å². The van der Waals surface area contributed by atoms with Crippen LogP contribution in [0.2, 0.25) is 0 Å². The smallest absolute Gasteiger partial charge is 0.319 e. The van der Waals surface area contributed by atoms with E-state index in [0.717, 1.165) is 16.8 Å². The van der Waals surface area contributed by atoms with E-state index >= 15 is 0 Å². The topological polar surface area (TPSA) is 61.4 Å². The standard InChI is InChI=1S/C16H26N2O2/c1-11-8-12(2)10-13(9-11)18-15(20)17-7-6-14(19)16(3,4)5/h8-10,14,19H,6-7H2,1-5H3,(H2,17,18,20). The Morgan fingerprint density at radius 3 is 2.25 bits per heavy atom. The zero-order chi connectivity index (χ0) is 15.3. The van der Waals surface area contributed by atoms with Crippen LogP contribution in [0.5, 0.6) is 0 Å². The molecule has 112 valence electrons. The summed E-state index contributed by atoms with van der Waals surface area (Å²) in [5.74, 6) is 0. The van der Waals surface area contributed by atoms with Gasteiger partial charge in [-0.25, -0.2) is 4.79 Å². The van der Waals surface area contributed by atoms with Gasteiger partial charge < -0.3 is 15.7 Å². The Balaban J connectivity index is 2.41. The summed E-state index contributed by atoms with van der Waals surface area (Å²) in [7, 11) is 0. The molecule has 0 radical (unpaired) electrons. The fraction of sp³-hybridized carbons (Fsp3) is 0.562. The Morgan fingerprint density at radius 1 is 1.20 bits per heavy atom. The summed E-state index contributed by atoms with van der Waals surface area (Å²) < 4.78 is 0. The van der Waals surface area contributed by atoms with Crippen LogP contribution in [-0.4, -0.2) is 23.8 Å². The number of rotatable bonds is 4. The highest BCUT2D eigenvalue weighted by atomic mass is 16.3. The molecule has 0 fully saturated rings. The van der Waals surface area contributed by atoms with Gasteiger partial charge in [-0.15, -0.1) is 0 Å². The minimum absolute atomic E-state index is 0.161. The highest BCUT2D eigenvalue weighted by Gasteiger charge is 2.21. The largest absolute Gasteiger partial charge is 0.393 e. The lowest BCUT2D eigenvalue weighted by atomic mass is 9.87. The van der Waals surface area contributed by atoms with Crippen molar-refractivity contribution < 1.29 is 9.90 Å². The first-order valence-corrected chi connectivity index (χ1v) is 6.99. The maximum absolute atomic E-state index is 11.8. The molecule has 0 aliphatic heterocycles. The molecule has 4 heteroatoms. The Labute approximate surface area is 121 Å². The van der Waals surface area contributed by atoms with Crippen LogP contribution in [0.25, 0.3) is 0 Å². The molecule has 0 aromatic heterocycles. The van der Waals surface area contributed by atoms with Gasteiger partial charge in [0.25, 0.3) is 0 Å². The first-order valence-electron chi connectivity index (χ1n) is 6.99. The highest BCUT2D eigenvalue weighted by molar-refractivity contribution is 5.89. The molecule has 0 saturated heterocycles. The maximum Gasteiger partial charge on any atom is 0.319 e. The van der Waals surface area contributed by atoms with E-state index in [9.17, 15) is 9.90 Å². The lowest BCUT2D eigenvalue weighted by Gasteiger charge is -2.25. The molecule has 1 atom stereocenters. The molecule has 0 heterocycles. The average Bonchev–Trinajstić information content (AvgIpc) is 2.25. The molecule has 0 bridgehead atoms. The number of carbonyl (C=O) groups excluding carboxylic acids is 1. The molecule has 20 heavy (non-hydrogen) atoms. The Bertz CT molecular complexity index is 444. The van der Waals surface area contributed by atoms with Crippen molar-refractivity contribution in [3.8, 4) is 0 Å². The second-order valence-corrected chi connectivity index (χ2v) is 6.43. The van der Waals surface area contributed by atoms with Gasteiger partial charge in [-0.1, -0.05) is 26.8 Å². The molecular weight excluding hydrogens is 252 g/mol. The molecule has 4 nitrogen and oxygen atoms in total. The van der Waals surface area contributed by atoms with Crippen LogP contribution in [0.3, 0.4) is 0 Å². The summed E-state index contributed by atoms with van der Waals surface area (Å²) in [6, 6.07) is 5.67. The van der Waals surface area contributed by atoms with Crippen LogP contribution in [0.4, 0.5) is 10.5 Å². The number of aliphatic hydroxyl groups excluding tert-OH is 1. The van der Waals surface area contributed by atoms with E-state index in [-0.39, 0.29) is 11.4 Å². The second kappa shape index (κ2) is 6.75. The fourth-order valence-electron chi connectivity index (χ4n) is 1.98. The van der Waals surface area contributed by atoms with Crippen LogP contribution >= 0.6 is 0 Å². The minimum Gasteiger partial charge on any atom is -0.393 e. The quantitative estimate of drug-likeness (QED) is 0.792. The van der Waals surface area contributed by atoms with Gasteiger partial charge in [0.15, 0.2) is 0 Å². The van der Waals surface area contributed by atoms with Crippen molar-refractivity contribution in [2.75, 3.05) is 11.9 Å². The van der Waals surface area contributed by atoms with Gasteiger partial charge in [0.2, 0.25) is 0 Å². The summed E-state index contributed by atoms with van der Waals surface area (Å²) in [4.78, 5) is 11.8. The summed E-state index contributed by atoms with van der Waals surface area (Å²) >= 11 is 0. The van der Waals surface area contributed by atoms with Gasteiger partial charge in [0, 0.05) is 12.2 Å². The van der Waals surface area contributed by atoms with E-state index in [2.05, 4.69) is 16.7 Å². The number of benzene rings is 1. The SMILES string of the molecule is Cc1cc(C)cc(NC(=O)NCCC(O)C(C)(C)C)c1. The van der Waals surface area contributed by atoms with Crippen LogP contribution in [0, 0.1) is 19.3 Å². The number of anilines is 1. The molecule has 0 spiro atoms. The normalized spacial score (nSPS) is 12.9. The maximum atomic E-state index is 11.8. The molecule has 2 amide bonds. The van der Waals surface area contributed by atoms with Crippen molar-refractivity contribution in [2.45, 2.75) is 47.1 Å². The average molecular weight is 278 g/mol. The van der Waals surface area contributed by atoms with Gasteiger partial charge in [-0.2, -0.15) is 0 Å². The zero-order valence-electron chi connectivity index (χ0n) is 13.1. The molecule has 0 saturated carbocycles. The molecule has 1 aromatic carbocycles. The van der Waals surface area contributed by atoms with Gasteiger partial charge >= 0.3 is 6.03 Å². The molecule has 1 aromatic rings. The van der Waals surface area contributed by atoms with Gasteiger partial charge in [0.05, 0.1) is 6.10 Å². The third-order valence-electron chi connectivity index (χ3n) is 3.18. The lowest BCUT2D eigenvalue weighted by molar-refractivity contribution is 0.0565. The lowest BCUT2D eigenvalue weighted by Crippen LogP contribution is -2.34. The van der Waals surface area contributed by atoms with Crippen molar-refractivity contribution in [1.29, 1.82) is 0 Å². The molecule has 0 aliphatic carbocycles. The van der Waals surface area contributed by atoms with Crippen molar-refractivity contribution in [3.05, 3.63) is 29.3 Å². The predicted octanol–water partition coefficient (Wildman–Crippen LogP) is 3.22. The number of hydrogen-bond acceptors (Lipinski definition) is 2. The van der Waals surface area contributed by atoms with E-state index in [4.69, 9.17) is 0 Å². The number of aliphatic hydroxyl groups is 1.